The second kappa shape index (κ2) is 5.06. The number of nitrogens with one attached hydrogen (secondary N) is 1. The van der Waals surface area contributed by atoms with Crippen LogP contribution in [0.4, 0.5) is 5.69 Å². The van der Waals surface area contributed by atoms with Gasteiger partial charge in [-0.05, 0) is 24.1 Å². The number of nitriles is 1. The van der Waals surface area contributed by atoms with Crippen molar-refractivity contribution in [3.05, 3.63) is 23.3 Å². The van der Waals surface area contributed by atoms with Crippen molar-refractivity contribution in [2.45, 2.75) is 13.3 Å². The van der Waals surface area contributed by atoms with Crippen molar-refractivity contribution in [1.82, 2.24) is 0 Å². The van der Waals surface area contributed by atoms with Gasteiger partial charge in [-0.3, -0.25) is 4.72 Å². The van der Waals surface area contributed by atoms with Crippen molar-refractivity contribution < 1.29 is 13.2 Å². The van der Waals surface area contributed by atoms with Crippen molar-refractivity contribution in [1.29, 1.82) is 5.26 Å². The lowest BCUT2D eigenvalue weighted by atomic mass is 10.0. The first-order valence-electron chi connectivity index (χ1n) is 4.90. The Balaban J connectivity index is 3.27. The normalized spacial score (nSPS) is 10.7. The van der Waals surface area contributed by atoms with Crippen LogP contribution in [0.1, 0.15) is 11.1 Å². The number of benzene rings is 1. The Morgan fingerprint density at radius 3 is 2.59 bits per heavy atom. The molecule has 0 amide bonds. The Morgan fingerprint density at radius 2 is 2.12 bits per heavy atom. The second-order valence-electron chi connectivity index (χ2n) is 3.64. The van der Waals surface area contributed by atoms with Gasteiger partial charge >= 0.3 is 0 Å². The fourth-order valence-corrected chi connectivity index (χ4v) is 2.11. The van der Waals surface area contributed by atoms with Gasteiger partial charge in [0, 0.05) is 0 Å². The number of nitrogens with zero attached hydrogens (tertiary/aromatic N) is 1. The quantitative estimate of drug-likeness (QED) is 0.881. The van der Waals surface area contributed by atoms with E-state index in [-0.39, 0.29) is 6.42 Å². The Labute approximate surface area is 101 Å². The van der Waals surface area contributed by atoms with Gasteiger partial charge in [-0.25, -0.2) is 8.42 Å². The first-order valence-corrected chi connectivity index (χ1v) is 6.79. The minimum absolute atomic E-state index is 0.265. The highest BCUT2D eigenvalue weighted by Crippen LogP contribution is 2.31. The summed E-state index contributed by atoms with van der Waals surface area (Å²) in [7, 11) is -1.88. The molecule has 5 nitrogen and oxygen atoms in total. The monoisotopic (exact) mass is 254 g/mol. The summed E-state index contributed by atoms with van der Waals surface area (Å²) in [6.07, 6.45) is 1.34. The van der Waals surface area contributed by atoms with Crippen LogP contribution in [0.2, 0.25) is 0 Å². The molecule has 6 heteroatoms. The predicted molar refractivity (Wildman–Crippen MR) is 65.5 cm³/mol. The van der Waals surface area contributed by atoms with Gasteiger partial charge in [0.25, 0.3) is 0 Å². The number of sulfonamides is 1. The minimum atomic E-state index is -3.35. The number of anilines is 1. The van der Waals surface area contributed by atoms with E-state index >= 15 is 0 Å². The van der Waals surface area contributed by atoms with Crippen molar-refractivity contribution in [2.24, 2.45) is 0 Å². The molecule has 0 aromatic heterocycles. The molecule has 0 atom stereocenters. The maximum Gasteiger partial charge on any atom is 0.229 e. The van der Waals surface area contributed by atoms with E-state index in [1.165, 1.54) is 7.11 Å². The third kappa shape index (κ3) is 3.36. The lowest BCUT2D eigenvalue weighted by Gasteiger charge is -2.14. The highest BCUT2D eigenvalue weighted by molar-refractivity contribution is 7.92. The summed E-state index contributed by atoms with van der Waals surface area (Å²) < 4.78 is 29.9. The topological polar surface area (TPSA) is 79.2 Å². The molecule has 0 heterocycles. The third-order valence-electron chi connectivity index (χ3n) is 2.29. The van der Waals surface area contributed by atoms with E-state index < -0.39 is 10.0 Å². The average Bonchev–Trinajstić information content (AvgIpc) is 2.21. The van der Waals surface area contributed by atoms with Gasteiger partial charge in [-0.1, -0.05) is 6.07 Å². The molecule has 0 saturated heterocycles. The van der Waals surface area contributed by atoms with Gasteiger partial charge in [-0.15, -0.1) is 0 Å². The second-order valence-corrected chi connectivity index (χ2v) is 5.39. The van der Waals surface area contributed by atoms with Gasteiger partial charge in [0.2, 0.25) is 10.0 Å². The lowest BCUT2D eigenvalue weighted by molar-refractivity contribution is 0.413. The molecule has 0 spiro atoms. The summed E-state index contributed by atoms with van der Waals surface area (Å²) in [6.45, 7) is 1.79. The number of hydrogen-bond donors (Lipinski definition) is 1. The molecule has 0 aliphatic rings. The zero-order valence-corrected chi connectivity index (χ0v) is 10.8. The maximum atomic E-state index is 11.2. The summed E-state index contributed by atoms with van der Waals surface area (Å²) in [5.74, 6) is 0.447. The van der Waals surface area contributed by atoms with Crippen molar-refractivity contribution in [2.75, 3.05) is 18.1 Å². The molecule has 0 radical (unpaired) electrons. The van der Waals surface area contributed by atoms with E-state index in [0.717, 1.165) is 17.4 Å². The van der Waals surface area contributed by atoms with Crippen LogP contribution in [0.15, 0.2) is 12.1 Å². The Hall–Kier alpha value is -1.74. The molecule has 0 fully saturated rings. The zero-order chi connectivity index (χ0) is 13.1. The average molecular weight is 254 g/mol. The van der Waals surface area contributed by atoms with E-state index in [0.29, 0.717) is 11.4 Å². The van der Waals surface area contributed by atoms with E-state index in [1.807, 2.05) is 6.07 Å². The Morgan fingerprint density at radius 1 is 1.47 bits per heavy atom. The summed E-state index contributed by atoms with van der Waals surface area (Å²) in [6, 6.07) is 5.36. The molecule has 0 aliphatic carbocycles. The summed E-state index contributed by atoms with van der Waals surface area (Å²) >= 11 is 0. The van der Waals surface area contributed by atoms with E-state index in [4.69, 9.17) is 10.00 Å². The number of ether oxygens (including phenoxy) is 1. The summed E-state index contributed by atoms with van der Waals surface area (Å²) in [5.41, 5.74) is 1.97. The minimum Gasteiger partial charge on any atom is -0.494 e. The van der Waals surface area contributed by atoms with Crippen LogP contribution in [0, 0.1) is 18.3 Å². The molecule has 0 saturated carbocycles. The fourth-order valence-electron chi connectivity index (χ4n) is 1.55. The molecular formula is C11H14N2O3S. The van der Waals surface area contributed by atoms with Gasteiger partial charge in [0.15, 0.2) is 0 Å². The van der Waals surface area contributed by atoms with Crippen LogP contribution in [-0.2, 0) is 16.4 Å². The SMILES string of the molecule is COc1c(NS(C)(=O)=O)ccc(CC#N)c1C. The van der Waals surface area contributed by atoms with Crippen molar-refractivity contribution >= 4 is 15.7 Å². The van der Waals surface area contributed by atoms with Crippen LogP contribution in [0.25, 0.3) is 0 Å². The zero-order valence-electron chi connectivity index (χ0n) is 9.94. The molecule has 17 heavy (non-hydrogen) atoms. The highest BCUT2D eigenvalue weighted by Gasteiger charge is 2.13. The van der Waals surface area contributed by atoms with Gasteiger partial charge in [0.05, 0.1) is 31.5 Å². The molecule has 1 N–H and O–H groups in total. The summed E-state index contributed by atoms with van der Waals surface area (Å²) in [5, 5.41) is 8.66. The fraction of sp³-hybridized carbons (Fsp3) is 0.364. The molecule has 0 bridgehead atoms. The van der Waals surface area contributed by atoms with Crippen LogP contribution in [0.5, 0.6) is 5.75 Å². The van der Waals surface area contributed by atoms with E-state index in [2.05, 4.69) is 4.72 Å². The molecule has 1 rings (SSSR count). The van der Waals surface area contributed by atoms with E-state index in [9.17, 15) is 8.42 Å². The molecule has 0 aliphatic heterocycles. The first-order chi connectivity index (χ1) is 7.89. The molecule has 92 valence electrons. The Kier molecular flexibility index (Phi) is 3.97. The largest absolute Gasteiger partial charge is 0.494 e. The predicted octanol–water partition coefficient (Wildman–Crippen LogP) is 1.44. The van der Waals surface area contributed by atoms with Gasteiger partial charge < -0.3 is 4.74 Å². The number of rotatable bonds is 4. The third-order valence-corrected chi connectivity index (χ3v) is 2.88. The molecule has 1 aromatic rings. The van der Waals surface area contributed by atoms with Gasteiger partial charge in [0.1, 0.15) is 5.75 Å². The standard InChI is InChI=1S/C11H14N2O3S/c1-8-9(6-7-12)4-5-10(11(8)16-2)13-17(3,14)15/h4-5,13H,6H2,1-3H3. The van der Waals surface area contributed by atoms with Crippen molar-refractivity contribution in [3.63, 3.8) is 0 Å². The van der Waals surface area contributed by atoms with Crippen LogP contribution in [0.3, 0.4) is 0 Å². The van der Waals surface area contributed by atoms with Crippen molar-refractivity contribution in [3.8, 4) is 11.8 Å². The molecule has 1 aromatic carbocycles. The van der Waals surface area contributed by atoms with Gasteiger partial charge in [-0.2, -0.15) is 5.26 Å². The summed E-state index contributed by atoms with van der Waals surface area (Å²) in [4.78, 5) is 0. The lowest BCUT2D eigenvalue weighted by Crippen LogP contribution is -2.11. The maximum absolute atomic E-state index is 11.2. The molecular weight excluding hydrogens is 240 g/mol. The number of hydrogen-bond acceptors (Lipinski definition) is 4. The Bertz CT molecular complexity index is 559. The van der Waals surface area contributed by atoms with Crippen LogP contribution < -0.4 is 9.46 Å². The van der Waals surface area contributed by atoms with Crippen LogP contribution in [-0.4, -0.2) is 21.8 Å². The molecule has 0 unspecified atom stereocenters. The number of methoxy groups -OCH3 is 1. The van der Waals surface area contributed by atoms with E-state index in [1.54, 1.807) is 19.1 Å². The first kappa shape index (κ1) is 13.3. The highest BCUT2D eigenvalue weighted by atomic mass is 32.2. The van der Waals surface area contributed by atoms with Crippen LogP contribution >= 0.6 is 0 Å². The smallest absolute Gasteiger partial charge is 0.229 e.